The average Bonchev–Trinajstić information content (AvgIpc) is 3.29. The summed E-state index contributed by atoms with van der Waals surface area (Å²) in [6.45, 7) is 2.59. The Kier molecular flexibility index (Phi) is 8.09. The summed E-state index contributed by atoms with van der Waals surface area (Å²) in [6, 6.07) is 3.13. The van der Waals surface area contributed by atoms with Gasteiger partial charge in [-0.25, -0.2) is 9.18 Å². The highest BCUT2D eigenvalue weighted by Crippen LogP contribution is 2.41. The van der Waals surface area contributed by atoms with Crippen LogP contribution in [0.5, 0.6) is 0 Å². The van der Waals surface area contributed by atoms with Gasteiger partial charge in [-0.05, 0) is 75.0 Å². The van der Waals surface area contributed by atoms with E-state index in [9.17, 15) is 18.8 Å². The van der Waals surface area contributed by atoms with Gasteiger partial charge >= 0.3 is 5.97 Å². The average molecular weight is 488 g/mol. The third kappa shape index (κ3) is 5.68. The lowest BCUT2D eigenvalue weighted by Gasteiger charge is -2.36. The predicted molar refractivity (Wildman–Crippen MR) is 131 cm³/mol. The van der Waals surface area contributed by atoms with Crippen LogP contribution in [0.15, 0.2) is 18.2 Å². The fourth-order valence-corrected chi connectivity index (χ4v) is 6.56. The maximum absolute atomic E-state index is 14.2. The predicted octanol–water partition coefficient (Wildman–Crippen LogP) is 4.41. The van der Waals surface area contributed by atoms with Crippen LogP contribution in [-0.2, 0) is 9.59 Å². The number of nitrogens with two attached hydrogens (primary N) is 1. The number of carbonyl (C=O) groups excluding carboxylic acids is 2. The number of halogens is 1. The largest absolute Gasteiger partial charge is 0.478 e. The molecule has 2 saturated carbocycles. The summed E-state index contributed by atoms with van der Waals surface area (Å²) < 4.78 is 14.2. The van der Waals surface area contributed by atoms with Gasteiger partial charge in [0, 0.05) is 24.2 Å². The Morgan fingerprint density at radius 2 is 1.74 bits per heavy atom. The summed E-state index contributed by atoms with van der Waals surface area (Å²) in [7, 11) is 0. The van der Waals surface area contributed by atoms with Crippen molar-refractivity contribution in [1.29, 1.82) is 0 Å². The molecule has 4 N–H and O–H groups in total. The summed E-state index contributed by atoms with van der Waals surface area (Å²) in [5, 5.41) is 11.9. The molecule has 1 aliphatic heterocycles. The highest BCUT2D eigenvalue weighted by atomic mass is 19.1. The lowest BCUT2D eigenvalue weighted by Crippen LogP contribution is -2.50. The number of nitrogens with one attached hydrogen (secondary N) is 1. The zero-order valence-electron chi connectivity index (χ0n) is 20.5. The van der Waals surface area contributed by atoms with E-state index in [0.29, 0.717) is 18.4 Å². The van der Waals surface area contributed by atoms with Crippen molar-refractivity contribution in [2.75, 3.05) is 11.9 Å². The van der Waals surface area contributed by atoms with E-state index in [1.54, 1.807) is 4.90 Å². The van der Waals surface area contributed by atoms with Crippen LogP contribution in [0.4, 0.5) is 10.1 Å². The SMILES string of the molecule is CC(N)C1CCC(C(=O)N2CC[C@@H](C3CCCCC3)[C@H]2C(=O)Nc2ccc(C(=O)O)c(F)c2)CC1. The number of hydrogen-bond acceptors (Lipinski definition) is 4. The molecule has 1 heterocycles. The van der Waals surface area contributed by atoms with Gasteiger partial charge in [-0.2, -0.15) is 0 Å². The lowest BCUT2D eigenvalue weighted by molar-refractivity contribution is -0.142. The first-order valence-corrected chi connectivity index (χ1v) is 13.2. The topological polar surface area (TPSA) is 113 Å². The van der Waals surface area contributed by atoms with E-state index in [0.717, 1.165) is 69.9 Å². The van der Waals surface area contributed by atoms with E-state index in [1.165, 1.54) is 12.5 Å². The summed E-state index contributed by atoms with van der Waals surface area (Å²) in [5.74, 6) is -1.67. The fourth-order valence-electron chi connectivity index (χ4n) is 6.56. The lowest BCUT2D eigenvalue weighted by atomic mass is 9.76. The number of benzene rings is 1. The number of hydrogen-bond donors (Lipinski definition) is 3. The minimum absolute atomic E-state index is 0.0546. The van der Waals surface area contributed by atoms with Crippen LogP contribution in [0.1, 0.15) is 81.5 Å². The second kappa shape index (κ2) is 11.1. The van der Waals surface area contributed by atoms with Gasteiger partial charge in [-0.1, -0.05) is 32.1 Å². The molecule has 192 valence electrons. The van der Waals surface area contributed by atoms with Crippen molar-refractivity contribution < 1.29 is 23.9 Å². The molecular weight excluding hydrogens is 449 g/mol. The van der Waals surface area contributed by atoms with Crippen LogP contribution in [0, 0.1) is 29.5 Å². The molecule has 1 unspecified atom stereocenters. The molecule has 1 saturated heterocycles. The summed E-state index contributed by atoms with van der Waals surface area (Å²) >= 11 is 0. The van der Waals surface area contributed by atoms with Crippen molar-refractivity contribution in [3.63, 3.8) is 0 Å². The number of carboxylic acids is 1. The Labute approximate surface area is 206 Å². The molecule has 0 spiro atoms. The van der Waals surface area contributed by atoms with Crippen molar-refractivity contribution >= 4 is 23.5 Å². The quantitative estimate of drug-likeness (QED) is 0.550. The van der Waals surface area contributed by atoms with Gasteiger partial charge in [0.15, 0.2) is 0 Å². The van der Waals surface area contributed by atoms with E-state index in [1.807, 2.05) is 6.92 Å². The monoisotopic (exact) mass is 487 g/mol. The van der Waals surface area contributed by atoms with Crippen LogP contribution in [0.25, 0.3) is 0 Å². The maximum Gasteiger partial charge on any atom is 0.338 e. The van der Waals surface area contributed by atoms with Gasteiger partial charge in [0.25, 0.3) is 0 Å². The number of likely N-dealkylation sites (tertiary alicyclic amines) is 1. The van der Waals surface area contributed by atoms with E-state index in [4.69, 9.17) is 10.8 Å². The molecule has 3 aliphatic rings. The van der Waals surface area contributed by atoms with E-state index < -0.39 is 23.4 Å². The molecule has 4 rings (SSSR count). The Hall–Kier alpha value is -2.48. The smallest absolute Gasteiger partial charge is 0.338 e. The highest BCUT2D eigenvalue weighted by molar-refractivity contribution is 5.98. The van der Waals surface area contributed by atoms with Gasteiger partial charge in [0.1, 0.15) is 11.9 Å². The number of nitrogens with zero attached hydrogens (tertiary/aromatic N) is 1. The van der Waals surface area contributed by atoms with Crippen molar-refractivity contribution in [2.45, 2.75) is 83.2 Å². The first-order chi connectivity index (χ1) is 16.8. The minimum atomic E-state index is -1.36. The van der Waals surface area contributed by atoms with Gasteiger partial charge in [0.2, 0.25) is 11.8 Å². The number of carboxylic acid groups (broad SMARTS) is 1. The molecule has 7 nitrogen and oxygen atoms in total. The molecular formula is C27H38FN3O4. The molecule has 0 bridgehead atoms. The molecule has 1 aromatic carbocycles. The second-order valence-corrected chi connectivity index (χ2v) is 10.8. The third-order valence-corrected chi connectivity index (χ3v) is 8.58. The molecule has 35 heavy (non-hydrogen) atoms. The van der Waals surface area contributed by atoms with Crippen molar-refractivity contribution in [3.05, 3.63) is 29.6 Å². The number of rotatable bonds is 6. The molecule has 3 atom stereocenters. The van der Waals surface area contributed by atoms with Crippen LogP contribution in [0.2, 0.25) is 0 Å². The van der Waals surface area contributed by atoms with Crippen LogP contribution < -0.4 is 11.1 Å². The molecule has 2 amide bonds. The van der Waals surface area contributed by atoms with E-state index >= 15 is 0 Å². The molecule has 2 aliphatic carbocycles. The number of carbonyl (C=O) groups is 3. The molecule has 0 radical (unpaired) electrons. The first kappa shape index (κ1) is 25.6. The fraction of sp³-hybridized carbons (Fsp3) is 0.667. The van der Waals surface area contributed by atoms with Gasteiger partial charge in [-0.3, -0.25) is 9.59 Å². The van der Waals surface area contributed by atoms with Crippen LogP contribution >= 0.6 is 0 Å². The number of amides is 2. The summed E-state index contributed by atoms with van der Waals surface area (Å²) in [4.78, 5) is 40.1. The van der Waals surface area contributed by atoms with Crippen LogP contribution in [-0.4, -0.2) is 46.4 Å². The second-order valence-electron chi connectivity index (χ2n) is 10.8. The Morgan fingerprint density at radius 1 is 1.06 bits per heavy atom. The van der Waals surface area contributed by atoms with Gasteiger partial charge in [-0.15, -0.1) is 0 Å². The minimum Gasteiger partial charge on any atom is -0.478 e. The highest BCUT2D eigenvalue weighted by Gasteiger charge is 2.46. The molecule has 1 aromatic rings. The number of anilines is 1. The summed E-state index contributed by atoms with van der Waals surface area (Å²) in [5.41, 5.74) is 5.84. The summed E-state index contributed by atoms with van der Waals surface area (Å²) in [6.07, 6.45) is 9.89. The maximum atomic E-state index is 14.2. The zero-order valence-corrected chi connectivity index (χ0v) is 20.5. The molecule has 8 heteroatoms. The Balaban J connectivity index is 1.52. The Morgan fingerprint density at radius 3 is 2.34 bits per heavy atom. The molecule has 3 fully saturated rings. The van der Waals surface area contributed by atoms with Crippen molar-refractivity contribution in [1.82, 2.24) is 4.90 Å². The molecule has 0 aromatic heterocycles. The first-order valence-electron chi connectivity index (χ1n) is 13.2. The standard InChI is InChI=1S/C27H38FN3O4/c1-16(29)17-7-9-19(10-8-17)26(33)31-14-13-21(18-5-3-2-4-6-18)24(31)25(32)30-20-11-12-22(27(34)35)23(28)15-20/h11-12,15-19,21,24H,2-10,13-14,29H2,1H3,(H,30,32)(H,34,35)/t16?,17?,19?,21-,24-/m0/s1. The Bertz CT molecular complexity index is 938. The van der Waals surface area contributed by atoms with E-state index in [2.05, 4.69) is 5.32 Å². The van der Waals surface area contributed by atoms with Gasteiger partial charge < -0.3 is 21.1 Å². The van der Waals surface area contributed by atoms with Crippen molar-refractivity contribution in [2.24, 2.45) is 29.4 Å². The normalized spacial score (nSPS) is 28.5. The van der Waals surface area contributed by atoms with Crippen molar-refractivity contribution in [3.8, 4) is 0 Å². The van der Waals surface area contributed by atoms with E-state index in [-0.39, 0.29) is 35.4 Å². The van der Waals surface area contributed by atoms with Gasteiger partial charge in [0.05, 0.1) is 5.56 Å². The van der Waals surface area contributed by atoms with Crippen LogP contribution in [0.3, 0.4) is 0 Å². The third-order valence-electron chi connectivity index (χ3n) is 8.58. The number of aromatic carboxylic acids is 1. The zero-order chi connectivity index (χ0) is 25.1.